The monoisotopic (exact) mass is 521 g/mol. The van der Waals surface area contributed by atoms with Gasteiger partial charge in [-0.05, 0) is 87.9 Å². The van der Waals surface area contributed by atoms with Crippen LogP contribution < -0.4 is 4.74 Å². The molecule has 1 saturated carbocycles. The average Bonchev–Trinajstić information content (AvgIpc) is 3.26. The van der Waals surface area contributed by atoms with Crippen LogP contribution in [-0.4, -0.2) is 48.4 Å². The molecule has 4 rings (SSSR count). The molecule has 3 aromatic rings. The number of carbonyl (C=O) groups excluding carboxylic acids is 3. The van der Waals surface area contributed by atoms with E-state index in [9.17, 15) is 14.4 Å². The number of Topliss-reactive ketones (excluding diaryl/α,β-unsaturated/α-hetero) is 2. The maximum atomic E-state index is 13.6. The molecule has 0 N–H and O–H groups in total. The topological polar surface area (TPSA) is 86.1 Å². The van der Waals surface area contributed by atoms with Crippen LogP contribution in [-0.2, 0) is 14.3 Å². The Kier molecular flexibility index (Phi) is 8.14. The second-order valence-electron chi connectivity index (χ2n) is 11.6. The summed E-state index contributed by atoms with van der Waals surface area (Å²) in [6.07, 6.45) is 4.16. The Labute approximate surface area is 224 Å². The van der Waals surface area contributed by atoms with Gasteiger partial charge in [0.25, 0.3) is 0 Å². The number of nitrogens with zero attached hydrogens (tertiary/aromatic N) is 1. The van der Waals surface area contributed by atoms with Crippen molar-refractivity contribution >= 4 is 39.4 Å². The first-order valence-corrected chi connectivity index (χ1v) is 13.5. The van der Waals surface area contributed by atoms with Gasteiger partial charge in [0.05, 0.1) is 12.8 Å². The van der Waals surface area contributed by atoms with Crippen molar-refractivity contribution < 1.29 is 28.3 Å². The number of likely N-dealkylation sites (N-methyl/N-ethyl adjacent to an activating group) is 1. The number of fused-ring (bicyclic) bond motifs is 3. The predicted octanol–water partition coefficient (Wildman–Crippen LogP) is 6.90. The van der Waals surface area contributed by atoms with Gasteiger partial charge in [-0.3, -0.25) is 4.79 Å². The van der Waals surface area contributed by atoms with Crippen molar-refractivity contribution in [2.24, 2.45) is 11.8 Å². The number of ketones is 2. The van der Waals surface area contributed by atoms with Crippen LogP contribution >= 0.6 is 0 Å². The molecular formula is C31H39NO6. The van der Waals surface area contributed by atoms with Crippen molar-refractivity contribution in [1.82, 2.24) is 4.90 Å². The van der Waals surface area contributed by atoms with E-state index in [-0.39, 0.29) is 29.5 Å². The summed E-state index contributed by atoms with van der Waals surface area (Å²) in [5, 5.41) is 2.87. The number of hydrogen-bond donors (Lipinski definition) is 0. The van der Waals surface area contributed by atoms with Gasteiger partial charge in [-0.25, -0.2) is 4.79 Å². The van der Waals surface area contributed by atoms with Crippen LogP contribution in [0.5, 0.6) is 5.75 Å². The molecule has 1 fully saturated rings. The summed E-state index contributed by atoms with van der Waals surface area (Å²) in [5.41, 5.74) is 1.04. The van der Waals surface area contributed by atoms with Gasteiger partial charge in [-0.1, -0.05) is 13.0 Å². The standard InChI is InChI=1S/C31H39NO6/c1-19-7-11-23(19)29(34)25(12-8-20(2)33)26-18-37-27-14-9-21-17-22(10-13-24(21)28(26)27)36-16-15-32(6)30(35)38-31(3,4)5/h9-10,13-14,17-19,23,25H,7-8,11-12,15-16H2,1-6H3. The second kappa shape index (κ2) is 11.2. The van der Waals surface area contributed by atoms with Crippen molar-refractivity contribution in [3.8, 4) is 5.75 Å². The molecule has 0 saturated heterocycles. The summed E-state index contributed by atoms with van der Waals surface area (Å²) < 4.78 is 17.2. The number of benzene rings is 2. The minimum absolute atomic E-state index is 0.0469. The fraction of sp³-hybridized carbons (Fsp3) is 0.516. The van der Waals surface area contributed by atoms with Crippen molar-refractivity contribution in [3.63, 3.8) is 0 Å². The van der Waals surface area contributed by atoms with Gasteiger partial charge in [0, 0.05) is 36.3 Å². The lowest BCUT2D eigenvalue weighted by Gasteiger charge is -2.35. The van der Waals surface area contributed by atoms with E-state index >= 15 is 0 Å². The van der Waals surface area contributed by atoms with E-state index in [0.29, 0.717) is 37.7 Å². The summed E-state index contributed by atoms with van der Waals surface area (Å²) in [7, 11) is 1.68. The highest BCUT2D eigenvalue weighted by molar-refractivity contribution is 6.09. The van der Waals surface area contributed by atoms with Gasteiger partial charge in [0.15, 0.2) is 0 Å². The molecule has 1 aliphatic rings. The zero-order valence-corrected chi connectivity index (χ0v) is 23.3. The molecular weight excluding hydrogens is 482 g/mol. The lowest BCUT2D eigenvalue weighted by Crippen LogP contribution is -2.36. The van der Waals surface area contributed by atoms with Gasteiger partial charge >= 0.3 is 6.09 Å². The quantitative estimate of drug-likeness (QED) is 0.288. The first kappa shape index (κ1) is 27.7. The van der Waals surface area contributed by atoms with Crippen molar-refractivity contribution in [2.45, 2.75) is 71.8 Å². The highest BCUT2D eigenvalue weighted by atomic mass is 16.6. The molecule has 7 nitrogen and oxygen atoms in total. The van der Waals surface area contributed by atoms with Crippen LogP contribution in [0.2, 0.25) is 0 Å². The molecule has 0 radical (unpaired) electrons. The maximum Gasteiger partial charge on any atom is 0.410 e. The number of furan rings is 1. The number of carbonyl (C=O) groups is 3. The van der Waals surface area contributed by atoms with Gasteiger partial charge in [-0.15, -0.1) is 0 Å². The molecule has 1 aromatic heterocycles. The van der Waals surface area contributed by atoms with Crippen LogP contribution in [0.15, 0.2) is 41.0 Å². The highest BCUT2D eigenvalue weighted by Gasteiger charge is 2.38. The molecule has 1 amide bonds. The third-order valence-electron chi connectivity index (χ3n) is 7.44. The fourth-order valence-electron chi connectivity index (χ4n) is 5.09. The zero-order valence-electron chi connectivity index (χ0n) is 23.3. The fourth-order valence-corrected chi connectivity index (χ4v) is 5.09. The first-order valence-electron chi connectivity index (χ1n) is 13.5. The molecule has 1 aliphatic carbocycles. The van der Waals surface area contributed by atoms with Crippen LogP contribution in [0.4, 0.5) is 4.79 Å². The molecule has 2 aromatic carbocycles. The Morgan fingerprint density at radius 3 is 2.53 bits per heavy atom. The second-order valence-corrected chi connectivity index (χ2v) is 11.6. The molecule has 204 valence electrons. The van der Waals surface area contributed by atoms with Crippen LogP contribution in [0.3, 0.4) is 0 Å². The summed E-state index contributed by atoms with van der Waals surface area (Å²) in [5.74, 6) is 1.06. The highest BCUT2D eigenvalue weighted by Crippen LogP contribution is 2.43. The molecule has 0 spiro atoms. The van der Waals surface area contributed by atoms with Crippen LogP contribution in [0, 0.1) is 11.8 Å². The van der Waals surface area contributed by atoms with E-state index in [1.807, 2.05) is 51.1 Å². The normalized spacial score (nSPS) is 18.2. The zero-order chi connectivity index (χ0) is 27.6. The van der Waals surface area contributed by atoms with E-state index in [2.05, 4.69) is 6.92 Å². The summed E-state index contributed by atoms with van der Waals surface area (Å²) in [4.78, 5) is 39.1. The lowest BCUT2D eigenvalue weighted by atomic mass is 9.68. The van der Waals surface area contributed by atoms with Crippen molar-refractivity contribution in [1.29, 1.82) is 0 Å². The molecule has 0 bridgehead atoms. The molecule has 7 heteroatoms. The summed E-state index contributed by atoms with van der Waals surface area (Å²) in [6.45, 7) is 9.91. The Morgan fingerprint density at radius 1 is 1.13 bits per heavy atom. The first-order chi connectivity index (χ1) is 17.9. The van der Waals surface area contributed by atoms with Crippen molar-refractivity contribution in [3.05, 3.63) is 42.2 Å². The molecule has 38 heavy (non-hydrogen) atoms. The van der Waals surface area contributed by atoms with Crippen LogP contribution in [0.25, 0.3) is 21.7 Å². The SMILES string of the molecule is CC(=O)CCC(C(=O)C1CCC1C)c1coc2ccc3cc(OCCN(C)C(=O)OC(C)(C)C)ccc3c12. The van der Waals surface area contributed by atoms with Gasteiger partial charge in [-0.2, -0.15) is 0 Å². The smallest absolute Gasteiger partial charge is 0.410 e. The van der Waals surface area contributed by atoms with E-state index in [1.165, 1.54) is 4.90 Å². The predicted molar refractivity (Wildman–Crippen MR) is 148 cm³/mol. The Balaban J connectivity index is 1.56. The van der Waals surface area contributed by atoms with E-state index in [4.69, 9.17) is 13.9 Å². The Bertz CT molecular complexity index is 1330. The van der Waals surface area contributed by atoms with E-state index in [1.54, 1.807) is 20.2 Å². The average molecular weight is 522 g/mol. The molecule has 3 atom stereocenters. The summed E-state index contributed by atoms with van der Waals surface area (Å²) >= 11 is 0. The Hall–Kier alpha value is -3.35. The van der Waals surface area contributed by atoms with Gasteiger partial charge < -0.3 is 23.6 Å². The van der Waals surface area contributed by atoms with Crippen LogP contribution in [0.1, 0.15) is 71.8 Å². The number of hydrogen-bond acceptors (Lipinski definition) is 6. The number of ether oxygens (including phenoxy) is 2. The Morgan fingerprint density at radius 2 is 1.89 bits per heavy atom. The minimum Gasteiger partial charge on any atom is -0.492 e. The third kappa shape index (κ3) is 6.20. The number of amides is 1. The van der Waals surface area contributed by atoms with Gasteiger partial charge in [0.1, 0.15) is 35.1 Å². The van der Waals surface area contributed by atoms with Gasteiger partial charge in [0.2, 0.25) is 0 Å². The molecule has 0 aliphatic heterocycles. The van der Waals surface area contributed by atoms with Crippen molar-refractivity contribution in [2.75, 3.05) is 20.2 Å². The molecule has 1 heterocycles. The third-order valence-corrected chi connectivity index (χ3v) is 7.44. The molecule has 3 unspecified atom stereocenters. The lowest BCUT2D eigenvalue weighted by molar-refractivity contribution is -0.129. The largest absolute Gasteiger partial charge is 0.492 e. The van der Waals surface area contributed by atoms with E-state index < -0.39 is 5.60 Å². The maximum absolute atomic E-state index is 13.6. The minimum atomic E-state index is -0.548. The summed E-state index contributed by atoms with van der Waals surface area (Å²) in [6, 6.07) is 9.73. The van der Waals surface area contributed by atoms with E-state index in [0.717, 1.165) is 40.1 Å². The number of rotatable bonds is 10.